The van der Waals surface area contributed by atoms with Gasteiger partial charge in [0.15, 0.2) is 0 Å². The lowest BCUT2D eigenvalue weighted by Gasteiger charge is -2.38. The van der Waals surface area contributed by atoms with Gasteiger partial charge in [-0.15, -0.1) is 0 Å². The van der Waals surface area contributed by atoms with Crippen molar-refractivity contribution in [3.05, 3.63) is 30.1 Å². The van der Waals surface area contributed by atoms with Crippen molar-refractivity contribution >= 4 is 11.8 Å². The standard InChI is InChI=1S/C14H18N4O2/c19-13(11-9-15-10-11)17-5-7-18(8-6-17)14(20)12-3-1-2-4-16-12/h1-4,11,15H,5-10H2. The molecule has 0 unspecified atom stereocenters. The number of piperazine rings is 1. The zero-order chi connectivity index (χ0) is 13.9. The fourth-order valence-electron chi connectivity index (χ4n) is 2.50. The molecule has 3 heterocycles. The summed E-state index contributed by atoms with van der Waals surface area (Å²) in [6.45, 7) is 3.97. The molecule has 20 heavy (non-hydrogen) atoms. The van der Waals surface area contributed by atoms with E-state index in [0.717, 1.165) is 13.1 Å². The molecule has 0 bridgehead atoms. The van der Waals surface area contributed by atoms with Crippen LogP contribution in [-0.4, -0.2) is 65.9 Å². The largest absolute Gasteiger partial charge is 0.339 e. The van der Waals surface area contributed by atoms with Crippen LogP contribution in [0.2, 0.25) is 0 Å². The second kappa shape index (κ2) is 5.58. The number of pyridine rings is 1. The number of carbonyl (C=O) groups excluding carboxylic acids is 2. The minimum absolute atomic E-state index is 0.0528. The van der Waals surface area contributed by atoms with Crippen molar-refractivity contribution in [1.82, 2.24) is 20.1 Å². The summed E-state index contributed by atoms with van der Waals surface area (Å²) >= 11 is 0. The molecular formula is C14H18N4O2. The third kappa shape index (κ3) is 2.51. The minimum Gasteiger partial charge on any atom is -0.339 e. The lowest BCUT2D eigenvalue weighted by Crippen LogP contribution is -2.57. The maximum atomic E-state index is 12.2. The predicted octanol–water partition coefficient (Wildman–Crippen LogP) is -0.415. The summed E-state index contributed by atoms with van der Waals surface area (Å²) in [7, 11) is 0. The van der Waals surface area contributed by atoms with E-state index in [-0.39, 0.29) is 17.7 Å². The first-order valence-electron chi connectivity index (χ1n) is 6.95. The van der Waals surface area contributed by atoms with E-state index in [1.54, 1.807) is 23.2 Å². The molecule has 3 rings (SSSR count). The van der Waals surface area contributed by atoms with Gasteiger partial charge in [0.25, 0.3) is 5.91 Å². The fourth-order valence-corrected chi connectivity index (χ4v) is 2.50. The Hall–Kier alpha value is -1.95. The van der Waals surface area contributed by atoms with Crippen LogP contribution in [0, 0.1) is 5.92 Å². The van der Waals surface area contributed by atoms with E-state index in [1.807, 2.05) is 11.0 Å². The molecule has 2 aliphatic rings. The molecule has 0 aromatic carbocycles. The van der Waals surface area contributed by atoms with Crippen molar-refractivity contribution in [1.29, 1.82) is 0 Å². The van der Waals surface area contributed by atoms with Crippen LogP contribution in [0.25, 0.3) is 0 Å². The van der Waals surface area contributed by atoms with Gasteiger partial charge >= 0.3 is 0 Å². The molecule has 2 amide bonds. The van der Waals surface area contributed by atoms with Crippen molar-refractivity contribution in [2.75, 3.05) is 39.3 Å². The average Bonchev–Trinajstić information content (AvgIpc) is 2.46. The SMILES string of the molecule is O=C(c1ccccn1)N1CCN(C(=O)C2CNC2)CC1. The van der Waals surface area contributed by atoms with Gasteiger partial charge in [0.2, 0.25) is 5.91 Å². The van der Waals surface area contributed by atoms with Gasteiger partial charge in [-0.3, -0.25) is 14.6 Å². The molecule has 106 valence electrons. The zero-order valence-electron chi connectivity index (χ0n) is 11.3. The van der Waals surface area contributed by atoms with Crippen molar-refractivity contribution in [3.63, 3.8) is 0 Å². The predicted molar refractivity (Wildman–Crippen MR) is 73.1 cm³/mol. The topological polar surface area (TPSA) is 65.5 Å². The van der Waals surface area contributed by atoms with E-state index in [4.69, 9.17) is 0 Å². The first-order chi connectivity index (χ1) is 9.75. The fraction of sp³-hybridized carbons (Fsp3) is 0.500. The minimum atomic E-state index is -0.0528. The molecule has 6 nitrogen and oxygen atoms in total. The molecule has 0 saturated carbocycles. The summed E-state index contributed by atoms with van der Waals surface area (Å²) < 4.78 is 0. The molecule has 1 aromatic rings. The summed E-state index contributed by atoms with van der Waals surface area (Å²) in [4.78, 5) is 32.0. The van der Waals surface area contributed by atoms with E-state index in [2.05, 4.69) is 10.3 Å². The Morgan fingerprint density at radius 3 is 2.35 bits per heavy atom. The highest BCUT2D eigenvalue weighted by Crippen LogP contribution is 2.12. The molecule has 0 aliphatic carbocycles. The average molecular weight is 274 g/mol. The summed E-state index contributed by atoms with van der Waals surface area (Å²) in [5.41, 5.74) is 0.468. The number of nitrogens with zero attached hydrogens (tertiary/aromatic N) is 3. The smallest absolute Gasteiger partial charge is 0.272 e. The van der Waals surface area contributed by atoms with Crippen LogP contribution in [0.1, 0.15) is 10.5 Å². The zero-order valence-corrected chi connectivity index (χ0v) is 11.3. The van der Waals surface area contributed by atoms with Crippen molar-refractivity contribution in [2.24, 2.45) is 5.92 Å². The number of aromatic nitrogens is 1. The maximum Gasteiger partial charge on any atom is 0.272 e. The van der Waals surface area contributed by atoms with Gasteiger partial charge in [0.1, 0.15) is 5.69 Å². The number of nitrogens with one attached hydrogen (secondary N) is 1. The molecule has 0 spiro atoms. The molecule has 2 aliphatic heterocycles. The molecular weight excluding hydrogens is 256 g/mol. The monoisotopic (exact) mass is 274 g/mol. The van der Waals surface area contributed by atoms with E-state index < -0.39 is 0 Å². The second-order valence-electron chi connectivity index (χ2n) is 5.19. The molecule has 2 fully saturated rings. The summed E-state index contributed by atoms with van der Waals surface area (Å²) in [5, 5.41) is 3.11. The van der Waals surface area contributed by atoms with Crippen LogP contribution in [0.15, 0.2) is 24.4 Å². The van der Waals surface area contributed by atoms with Gasteiger partial charge in [-0.05, 0) is 12.1 Å². The lowest BCUT2D eigenvalue weighted by molar-refractivity contribution is -0.138. The van der Waals surface area contributed by atoms with Crippen LogP contribution >= 0.6 is 0 Å². The third-order valence-corrected chi connectivity index (χ3v) is 3.89. The van der Waals surface area contributed by atoms with Crippen LogP contribution in [-0.2, 0) is 4.79 Å². The van der Waals surface area contributed by atoms with Gasteiger partial charge in [0.05, 0.1) is 5.92 Å². The highest BCUT2D eigenvalue weighted by molar-refractivity contribution is 5.92. The Bertz CT molecular complexity index is 493. The quantitative estimate of drug-likeness (QED) is 0.796. The molecule has 6 heteroatoms. The Labute approximate surface area is 117 Å². The van der Waals surface area contributed by atoms with Gasteiger partial charge in [-0.25, -0.2) is 0 Å². The Kier molecular flexibility index (Phi) is 3.64. The highest BCUT2D eigenvalue weighted by Gasteiger charge is 2.32. The van der Waals surface area contributed by atoms with Crippen LogP contribution in [0.4, 0.5) is 0 Å². The van der Waals surface area contributed by atoms with E-state index in [9.17, 15) is 9.59 Å². The number of hydrogen-bond donors (Lipinski definition) is 1. The first kappa shape index (κ1) is 13.1. The van der Waals surface area contributed by atoms with Gasteiger partial charge < -0.3 is 15.1 Å². The van der Waals surface area contributed by atoms with E-state index >= 15 is 0 Å². The van der Waals surface area contributed by atoms with Crippen molar-refractivity contribution in [2.45, 2.75) is 0 Å². The van der Waals surface area contributed by atoms with Gasteiger partial charge in [-0.1, -0.05) is 6.07 Å². The molecule has 0 atom stereocenters. The maximum absolute atomic E-state index is 12.2. The lowest BCUT2D eigenvalue weighted by atomic mass is 10.0. The van der Waals surface area contributed by atoms with Crippen molar-refractivity contribution < 1.29 is 9.59 Å². The summed E-state index contributed by atoms with van der Waals surface area (Å²) in [6.07, 6.45) is 1.62. The van der Waals surface area contributed by atoms with Crippen LogP contribution in [0.5, 0.6) is 0 Å². The first-order valence-corrected chi connectivity index (χ1v) is 6.95. The Morgan fingerprint density at radius 1 is 1.10 bits per heavy atom. The number of amides is 2. The number of hydrogen-bond acceptors (Lipinski definition) is 4. The summed E-state index contributed by atoms with van der Waals surface area (Å²) in [5.74, 6) is 0.296. The second-order valence-corrected chi connectivity index (χ2v) is 5.19. The van der Waals surface area contributed by atoms with E-state index in [1.165, 1.54) is 0 Å². The van der Waals surface area contributed by atoms with Gasteiger partial charge in [-0.2, -0.15) is 0 Å². The van der Waals surface area contributed by atoms with Crippen LogP contribution in [0.3, 0.4) is 0 Å². The summed E-state index contributed by atoms with van der Waals surface area (Å²) in [6, 6.07) is 5.32. The molecule has 1 aromatic heterocycles. The molecule has 0 radical (unpaired) electrons. The van der Waals surface area contributed by atoms with Gasteiger partial charge in [0, 0.05) is 45.5 Å². The molecule has 1 N–H and O–H groups in total. The van der Waals surface area contributed by atoms with Crippen LogP contribution < -0.4 is 5.32 Å². The number of carbonyl (C=O) groups is 2. The Morgan fingerprint density at radius 2 is 1.80 bits per heavy atom. The highest BCUT2D eigenvalue weighted by atomic mass is 16.2. The third-order valence-electron chi connectivity index (χ3n) is 3.89. The Balaban J connectivity index is 1.55. The van der Waals surface area contributed by atoms with E-state index in [0.29, 0.717) is 31.9 Å². The normalized spacial score (nSPS) is 19.6. The number of rotatable bonds is 2. The van der Waals surface area contributed by atoms with Crippen molar-refractivity contribution in [3.8, 4) is 0 Å². The molecule has 2 saturated heterocycles.